The van der Waals surface area contributed by atoms with Crippen LogP contribution in [0.5, 0.6) is 0 Å². The Hall–Kier alpha value is -3.56. The van der Waals surface area contributed by atoms with Gasteiger partial charge >= 0.3 is 0 Å². The summed E-state index contributed by atoms with van der Waals surface area (Å²) in [6.07, 6.45) is 7.67. The number of fused-ring (bicyclic) bond motifs is 7. The van der Waals surface area contributed by atoms with Gasteiger partial charge in [-0.3, -0.25) is 24.7 Å². The molecule has 0 radical (unpaired) electrons. The van der Waals surface area contributed by atoms with Crippen molar-refractivity contribution in [1.29, 1.82) is 0 Å². The molecule has 2 aliphatic rings. The molecule has 5 heterocycles. The van der Waals surface area contributed by atoms with Crippen molar-refractivity contribution < 1.29 is 9.90 Å². The van der Waals surface area contributed by atoms with Gasteiger partial charge < -0.3 is 9.67 Å². The molecule has 1 saturated heterocycles. The number of aliphatic hydroxyl groups excluding tert-OH is 1. The molecule has 38 heavy (non-hydrogen) atoms. The van der Waals surface area contributed by atoms with Gasteiger partial charge in [-0.2, -0.15) is 5.10 Å². The minimum absolute atomic E-state index is 0.195. The van der Waals surface area contributed by atoms with Gasteiger partial charge in [0.1, 0.15) is 0 Å². The molecule has 0 aliphatic carbocycles. The van der Waals surface area contributed by atoms with Crippen LogP contribution in [-0.4, -0.2) is 59.4 Å². The number of nitrogens with one attached hydrogen (secondary N) is 1. The molecule has 9 nitrogen and oxygen atoms in total. The molecule has 2 bridgehead atoms. The van der Waals surface area contributed by atoms with Crippen molar-refractivity contribution in [2.75, 3.05) is 18.4 Å². The van der Waals surface area contributed by atoms with Crippen molar-refractivity contribution in [1.82, 2.24) is 29.2 Å². The Labute approximate surface area is 222 Å². The SMILES string of the molecule is Cc1cc2cc(n1)-c1cnn(C)c1CCCCCCn1c(nc3ccc(CN4CCC(O)C4)cc31)NC2=O. The number of aromatic nitrogens is 5. The van der Waals surface area contributed by atoms with Gasteiger partial charge in [-0.15, -0.1) is 0 Å². The highest BCUT2D eigenvalue weighted by atomic mass is 16.3. The van der Waals surface area contributed by atoms with E-state index in [9.17, 15) is 9.90 Å². The molecule has 4 aromatic rings. The van der Waals surface area contributed by atoms with Crippen LogP contribution in [0.15, 0.2) is 36.5 Å². The molecule has 9 heteroatoms. The fourth-order valence-electron chi connectivity index (χ4n) is 5.80. The summed E-state index contributed by atoms with van der Waals surface area (Å²) in [6.45, 7) is 5.13. The molecule has 1 unspecified atom stereocenters. The normalized spacial score (nSPS) is 19.0. The van der Waals surface area contributed by atoms with Crippen molar-refractivity contribution in [3.8, 4) is 11.3 Å². The van der Waals surface area contributed by atoms with Crippen LogP contribution in [0.4, 0.5) is 5.95 Å². The van der Waals surface area contributed by atoms with Crippen LogP contribution < -0.4 is 5.32 Å². The predicted octanol–water partition coefficient (Wildman–Crippen LogP) is 4.08. The fraction of sp³-hybridized carbons (Fsp3) is 0.448. The van der Waals surface area contributed by atoms with E-state index in [0.717, 1.165) is 91.8 Å². The minimum Gasteiger partial charge on any atom is -0.392 e. The van der Waals surface area contributed by atoms with Gasteiger partial charge in [-0.05, 0) is 62.4 Å². The minimum atomic E-state index is -0.233. The highest BCUT2D eigenvalue weighted by molar-refractivity contribution is 6.04. The van der Waals surface area contributed by atoms with Crippen molar-refractivity contribution >= 4 is 22.9 Å². The zero-order valence-corrected chi connectivity index (χ0v) is 22.2. The number of likely N-dealkylation sites (tertiary alicyclic amines) is 1. The lowest BCUT2D eigenvalue weighted by Crippen LogP contribution is -2.21. The summed E-state index contributed by atoms with van der Waals surface area (Å²) >= 11 is 0. The lowest BCUT2D eigenvalue weighted by Gasteiger charge is -2.15. The van der Waals surface area contributed by atoms with E-state index in [1.54, 1.807) is 0 Å². The number of β-amino-alcohol motifs (C(OH)–C–C–N with tert-alkyl or cyclic N) is 1. The van der Waals surface area contributed by atoms with E-state index >= 15 is 0 Å². The van der Waals surface area contributed by atoms with Gasteiger partial charge in [0.2, 0.25) is 5.95 Å². The van der Waals surface area contributed by atoms with Gasteiger partial charge in [-0.1, -0.05) is 18.9 Å². The summed E-state index contributed by atoms with van der Waals surface area (Å²) in [4.78, 5) is 25.4. The number of carbonyl (C=O) groups excluding carboxylic acids is 1. The summed E-state index contributed by atoms with van der Waals surface area (Å²) < 4.78 is 4.09. The van der Waals surface area contributed by atoms with Gasteiger partial charge in [0.05, 0.1) is 29.0 Å². The summed E-state index contributed by atoms with van der Waals surface area (Å²) in [5, 5.41) is 17.5. The van der Waals surface area contributed by atoms with Gasteiger partial charge in [0.25, 0.3) is 5.91 Å². The third-order valence-electron chi connectivity index (χ3n) is 7.79. The highest BCUT2D eigenvalue weighted by Gasteiger charge is 2.22. The molecular formula is C29H35N7O2. The van der Waals surface area contributed by atoms with Crippen LogP contribution in [0.3, 0.4) is 0 Å². The van der Waals surface area contributed by atoms with Crippen LogP contribution in [0.25, 0.3) is 22.3 Å². The maximum Gasteiger partial charge on any atom is 0.258 e. The number of rotatable bonds is 2. The number of hydrogen-bond donors (Lipinski definition) is 2. The second-order valence-corrected chi connectivity index (χ2v) is 10.7. The summed E-state index contributed by atoms with van der Waals surface area (Å²) in [5.41, 5.74) is 7.37. The summed E-state index contributed by atoms with van der Waals surface area (Å²) in [6, 6.07) is 10.0. The van der Waals surface area contributed by atoms with Gasteiger partial charge in [0.15, 0.2) is 0 Å². The summed E-state index contributed by atoms with van der Waals surface area (Å²) in [7, 11) is 1.97. The number of anilines is 1. The number of amides is 1. The number of imidazole rings is 1. The monoisotopic (exact) mass is 513 g/mol. The molecule has 1 fully saturated rings. The maximum atomic E-state index is 13.5. The van der Waals surface area contributed by atoms with Crippen LogP contribution >= 0.6 is 0 Å². The lowest BCUT2D eigenvalue weighted by atomic mass is 10.0. The Morgan fingerprint density at radius 2 is 1.95 bits per heavy atom. The Morgan fingerprint density at radius 3 is 2.79 bits per heavy atom. The predicted molar refractivity (Wildman–Crippen MR) is 147 cm³/mol. The van der Waals surface area contributed by atoms with Crippen LogP contribution in [-0.2, 0) is 26.6 Å². The molecule has 2 aliphatic heterocycles. The Morgan fingerprint density at radius 1 is 1.08 bits per heavy atom. The maximum absolute atomic E-state index is 13.5. The number of pyridine rings is 1. The lowest BCUT2D eigenvalue weighted by molar-refractivity contribution is 0.102. The van der Waals surface area contributed by atoms with E-state index in [1.807, 2.05) is 43.0 Å². The first-order valence-corrected chi connectivity index (χ1v) is 13.7. The standard InChI is InChI=1S/C29H35N7O2/c1-19-13-21-15-25(31-19)23-16-30-34(2)26(23)7-5-3-4-6-11-36-27-14-20(17-35-12-10-22(37)18-35)8-9-24(27)32-29(36)33-28(21)38/h8-9,13-16,22,37H,3-7,10-12,17-18H2,1-2H3,(H,32,33,38). The van der Waals surface area contributed by atoms with E-state index in [-0.39, 0.29) is 12.0 Å². The van der Waals surface area contributed by atoms with E-state index in [1.165, 1.54) is 5.56 Å². The van der Waals surface area contributed by atoms with Crippen molar-refractivity contribution in [3.63, 3.8) is 0 Å². The molecule has 0 saturated carbocycles. The molecule has 0 spiro atoms. The van der Waals surface area contributed by atoms with Crippen LogP contribution in [0, 0.1) is 6.92 Å². The third kappa shape index (κ3) is 4.96. The second-order valence-electron chi connectivity index (χ2n) is 10.7. The fourth-order valence-corrected chi connectivity index (χ4v) is 5.80. The first-order chi connectivity index (χ1) is 18.4. The molecule has 3 aromatic heterocycles. The topological polar surface area (TPSA) is 101 Å². The molecule has 6 rings (SSSR count). The quantitative estimate of drug-likeness (QED) is 0.419. The second kappa shape index (κ2) is 10.3. The number of carbonyl (C=O) groups is 1. The number of benzene rings is 1. The number of nitrogens with zero attached hydrogens (tertiary/aromatic N) is 6. The zero-order valence-electron chi connectivity index (χ0n) is 22.2. The first-order valence-electron chi connectivity index (χ1n) is 13.7. The smallest absolute Gasteiger partial charge is 0.258 e. The van der Waals surface area contributed by atoms with E-state index < -0.39 is 0 Å². The molecule has 1 atom stereocenters. The Kier molecular flexibility index (Phi) is 6.71. The Balaban J connectivity index is 1.36. The van der Waals surface area contributed by atoms with Gasteiger partial charge in [-0.25, -0.2) is 4.98 Å². The molecule has 1 amide bonds. The molecule has 1 aromatic carbocycles. The van der Waals surface area contributed by atoms with E-state index in [2.05, 4.69) is 32.0 Å². The first kappa shape index (κ1) is 24.8. The molecule has 198 valence electrons. The molecular weight excluding hydrogens is 478 g/mol. The van der Waals surface area contributed by atoms with Crippen molar-refractivity contribution in [2.24, 2.45) is 7.05 Å². The Bertz CT molecular complexity index is 1490. The number of aryl methyl sites for hydroxylation is 3. The zero-order chi connectivity index (χ0) is 26.2. The van der Waals surface area contributed by atoms with E-state index in [0.29, 0.717) is 18.1 Å². The van der Waals surface area contributed by atoms with E-state index in [4.69, 9.17) is 9.97 Å². The highest BCUT2D eigenvalue weighted by Crippen LogP contribution is 2.28. The molecule has 2 N–H and O–H groups in total. The summed E-state index contributed by atoms with van der Waals surface area (Å²) in [5.74, 6) is 0.381. The van der Waals surface area contributed by atoms with Crippen molar-refractivity contribution in [2.45, 2.75) is 64.6 Å². The largest absolute Gasteiger partial charge is 0.392 e. The van der Waals surface area contributed by atoms with Crippen LogP contribution in [0.1, 0.15) is 59.4 Å². The van der Waals surface area contributed by atoms with Crippen LogP contribution in [0.2, 0.25) is 0 Å². The number of hydrogen-bond acceptors (Lipinski definition) is 6. The van der Waals surface area contributed by atoms with Gasteiger partial charge in [0, 0.05) is 55.7 Å². The average Bonchev–Trinajstić information content (AvgIpc) is 3.57. The third-order valence-corrected chi connectivity index (χ3v) is 7.79. The average molecular weight is 514 g/mol. The number of aliphatic hydroxyl groups is 1. The van der Waals surface area contributed by atoms with Crippen molar-refractivity contribution in [3.05, 3.63) is 59.0 Å².